The summed E-state index contributed by atoms with van der Waals surface area (Å²) < 4.78 is 5.32. The maximum atomic E-state index is 11.3. The maximum absolute atomic E-state index is 11.3. The Balaban J connectivity index is 2.20. The first-order chi connectivity index (χ1) is 8.24. The van der Waals surface area contributed by atoms with Gasteiger partial charge in [-0.25, -0.2) is 0 Å². The van der Waals surface area contributed by atoms with Gasteiger partial charge in [-0.05, 0) is 22.8 Å². The zero-order chi connectivity index (χ0) is 12.3. The van der Waals surface area contributed by atoms with Gasteiger partial charge < -0.3 is 10.1 Å². The summed E-state index contributed by atoms with van der Waals surface area (Å²) in [5.74, 6) is -0.117. The molecule has 1 aliphatic rings. The van der Waals surface area contributed by atoms with Gasteiger partial charge in [0.15, 0.2) is 0 Å². The topological polar surface area (TPSA) is 62.1 Å². The number of nitrogens with one attached hydrogen (secondary N) is 1. The minimum Gasteiger partial charge on any atom is -0.372 e. The smallest absolute Gasteiger partial charge is 0.221 e. The van der Waals surface area contributed by atoms with Crippen LogP contribution in [0.3, 0.4) is 0 Å². The minimum absolute atomic E-state index is 0.117. The second kappa shape index (κ2) is 4.98. The van der Waals surface area contributed by atoms with E-state index in [1.807, 2.05) is 18.2 Å². The van der Waals surface area contributed by atoms with Gasteiger partial charge in [-0.1, -0.05) is 19.1 Å². The molecule has 1 aromatic carbocycles. The Morgan fingerprint density at radius 2 is 2.29 bits per heavy atom. The van der Waals surface area contributed by atoms with Crippen LogP contribution >= 0.6 is 0 Å². The van der Waals surface area contributed by atoms with Gasteiger partial charge in [-0.15, -0.1) is 0 Å². The number of amides is 1. The predicted octanol–water partition coefficient (Wildman–Crippen LogP) is 1.81. The van der Waals surface area contributed by atoms with Gasteiger partial charge in [-0.3, -0.25) is 4.79 Å². The molecule has 1 heterocycles. The van der Waals surface area contributed by atoms with E-state index in [0.29, 0.717) is 19.6 Å². The first-order valence-corrected chi connectivity index (χ1v) is 5.63. The first-order valence-electron chi connectivity index (χ1n) is 5.63. The molecule has 0 saturated heterocycles. The molecule has 0 aliphatic carbocycles. The highest BCUT2D eigenvalue weighted by atomic mass is 16.5. The van der Waals surface area contributed by atoms with E-state index in [1.54, 1.807) is 6.92 Å². The highest BCUT2D eigenvalue weighted by Crippen LogP contribution is 2.23. The van der Waals surface area contributed by atoms with Crippen LogP contribution < -0.4 is 5.32 Å². The summed E-state index contributed by atoms with van der Waals surface area (Å²) >= 11 is 0. The second-order valence-corrected chi connectivity index (χ2v) is 4.00. The van der Waals surface area contributed by atoms with Crippen molar-refractivity contribution in [3.8, 4) is 6.07 Å². The van der Waals surface area contributed by atoms with E-state index in [1.165, 1.54) is 0 Å². The van der Waals surface area contributed by atoms with Crippen LogP contribution in [0.2, 0.25) is 0 Å². The molecule has 0 fully saturated rings. The fourth-order valence-electron chi connectivity index (χ4n) is 1.82. The lowest BCUT2D eigenvalue weighted by Crippen LogP contribution is -2.26. The van der Waals surface area contributed by atoms with Crippen LogP contribution in [0.1, 0.15) is 36.1 Å². The van der Waals surface area contributed by atoms with Crippen LogP contribution in [0, 0.1) is 11.3 Å². The second-order valence-electron chi connectivity index (χ2n) is 4.00. The Morgan fingerprint density at radius 1 is 1.53 bits per heavy atom. The fraction of sp³-hybridized carbons (Fsp3) is 0.385. The van der Waals surface area contributed by atoms with Crippen LogP contribution in [0.25, 0.3) is 0 Å². The van der Waals surface area contributed by atoms with E-state index in [2.05, 4.69) is 11.4 Å². The number of hydrogen-bond acceptors (Lipinski definition) is 3. The maximum Gasteiger partial charge on any atom is 0.221 e. The standard InChI is InChI=1S/C13H14N2O2/c1-2-13(16)15-12(6-14)9-3-4-10-7-17-8-11(10)5-9/h3-5,12H,2,7-8H2,1H3,(H,15,16). The number of fused-ring (bicyclic) bond motifs is 1. The lowest BCUT2D eigenvalue weighted by atomic mass is 10.0. The van der Waals surface area contributed by atoms with Crippen molar-refractivity contribution in [3.05, 3.63) is 34.9 Å². The Kier molecular flexibility index (Phi) is 3.40. The fourth-order valence-corrected chi connectivity index (χ4v) is 1.82. The molecule has 0 radical (unpaired) electrons. The van der Waals surface area contributed by atoms with E-state index < -0.39 is 6.04 Å². The van der Waals surface area contributed by atoms with Gasteiger partial charge in [0.25, 0.3) is 0 Å². The number of carbonyl (C=O) groups excluding carboxylic acids is 1. The number of benzene rings is 1. The number of ether oxygens (including phenoxy) is 1. The summed E-state index contributed by atoms with van der Waals surface area (Å²) in [4.78, 5) is 11.3. The molecule has 1 aromatic rings. The van der Waals surface area contributed by atoms with Crippen molar-refractivity contribution in [3.63, 3.8) is 0 Å². The van der Waals surface area contributed by atoms with E-state index >= 15 is 0 Å². The third-order valence-corrected chi connectivity index (χ3v) is 2.83. The molecule has 1 unspecified atom stereocenters. The summed E-state index contributed by atoms with van der Waals surface area (Å²) in [5.41, 5.74) is 3.08. The third kappa shape index (κ3) is 2.45. The Morgan fingerprint density at radius 3 is 3.00 bits per heavy atom. The minimum atomic E-state index is -0.576. The molecule has 4 nitrogen and oxygen atoms in total. The quantitative estimate of drug-likeness (QED) is 0.861. The van der Waals surface area contributed by atoms with Gasteiger partial charge in [0.05, 0.1) is 19.3 Å². The summed E-state index contributed by atoms with van der Waals surface area (Å²) in [6.45, 7) is 2.98. The van der Waals surface area contributed by atoms with E-state index in [9.17, 15) is 4.79 Å². The number of rotatable bonds is 3. The van der Waals surface area contributed by atoms with Gasteiger partial charge in [-0.2, -0.15) is 5.26 Å². The molecule has 1 atom stereocenters. The van der Waals surface area contributed by atoms with Gasteiger partial charge in [0, 0.05) is 6.42 Å². The molecule has 0 bridgehead atoms. The molecule has 1 N–H and O–H groups in total. The monoisotopic (exact) mass is 230 g/mol. The van der Waals surface area contributed by atoms with E-state index in [0.717, 1.165) is 16.7 Å². The van der Waals surface area contributed by atoms with Crippen molar-refractivity contribution in [1.82, 2.24) is 5.32 Å². The zero-order valence-electron chi connectivity index (χ0n) is 9.69. The SMILES string of the molecule is CCC(=O)NC(C#N)c1ccc2c(c1)COC2. The van der Waals surface area contributed by atoms with Crippen LogP contribution in [0.15, 0.2) is 18.2 Å². The average molecular weight is 230 g/mol. The lowest BCUT2D eigenvalue weighted by Gasteiger charge is -2.12. The Bertz CT molecular complexity index is 477. The van der Waals surface area contributed by atoms with Crippen molar-refractivity contribution in [2.24, 2.45) is 0 Å². The number of hydrogen-bond donors (Lipinski definition) is 1. The molecule has 0 saturated carbocycles. The molecule has 88 valence electrons. The Hall–Kier alpha value is -1.86. The number of nitriles is 1. The predicted molar refractivity (Wildman–Crippen MR) is 61.7 cm³/mol. The van der Waals surface area contributed by atoms with Crippen molar-refractivity contribution in [2.45, 2.75) is 32.6 Å². The summed E-state index contributed by atoms with van der Waals surface area (Å²) in [5, 5.41) is 11.8. The Labute approximate surface area is 100 Å². The van der Waals surface area contributed by atoms with Crippen LogP contribution in [0.5, 0.6) is 0 Å². The largest absolute Gasteiger partial charge is 0.372 e. The molecular formula is C13H14N2O2. The normalized spacial score (nSPS) is 14.8. The summed E-state index contributed by atoms with van der Waals surface area (Å²) in [7, 11) is 0. The first kappa shape index (κ1) is 11.6. The highest BCUT2D eigenvalue weighted by Gasteiger charge is 2.17. The molecule has 2 rings (SSSR count). The summed E-state index contributed by atoms with van der Waals surface area (Å²) in [6, 6.07) is 7.29. The number of nitrogens with zero attached hydrogens (tertiary/aromatic N) is 1. The van der Waals surface area contributed by atoms with Crippen LogP contribution in [0.4, 0.5) is 0 Å². The molecular weight excluding hydrogens is 216 g/mol. The molecule has 0 aromatic heterocycles. The third-order valence-electron chi connectivity index (χ3n) is 2.83. The summed E-state index contributed by atoms with van der Waals surface area (Å²) in [6.07, 6.45) is 0.381. The van der Waals surface area contributed by atoms with E-state index in [4.69, 9.17) is 10.00 Å². The molecule has 1 amide bonds. The lowest BCUT2D eigenvalue weighted by molar-refractivity contribution is -0.121. The van der Waals surface area contributed by atoms with E-state index in [-0.39, 0.29) is 5.91 Å². The molecule has 17 heavy (non-hydrogen) atoms. The van der Waals surface area contributed by atoms with Crippen molar-refractivity contribution < 1.29 is 9.53 Å². The van der Waals surface area contributed by atoms with Crippen molar-refractivity contribution in [2.75, 3.05) is 0 Å². The molecule has 1 aliphatic heterocycles. The van der Waals surface area contributed by atoms with Gasteiger partial charge in [0.2, 0.25) is 5.91 Å². The van der Waals surface area contributed by atoms with Crippen molar-refractivity contribution >= 4 is 5.91 Å². The molecule has 0 spiro atoms. The van der Waals surface area contributed by atoms with Crippen molar-refractivity contribution in [1.29, 1.82) is 5.26 Å². The van der Waals surface area contributed by atoms with Crippen LogP contribution in [-0.4, -0.2) is 5.91 Å². The zero-order valence-corrected chi connectivity index (χ0v) is 9.69. The average Bonchev–Trinajstić information content (AvgIpc) is 2.82. The van der Waals surface area contributed by atoms with Crippen LogP contribution in [-0.2, 0) is 22.7 Å². The van der Waals surface area contributed by atoms with Gasteiger partial charge >= 0.3 is 0 Å². The molecule has 4 heteroatoms. The van der Waals surface area contributed by atoms with Gasteiger partial charge in [0.1, 0.15) is 6.04 Å². The highest BCUT2D eigenvalue weighted by molar-refractivity contribution is 5.76. The number of carbonyl (C=O) groups is 1.